The Morgan fingerprint density at radius 1 is 1.35 bits per heavy atom. The van der Waals surface area contributed by atoms with Crippen LogP contribution in [0.15, 0.2) is 18.2 Å². The van der Waals surface area contributed by atoms with Crippen molar-refractivity contribution in [1.29, 1.82) is 0 Å². The fourth-order valence-electron chi connectivity index (χ4n) is 2.78. The number of halogens is 3. The van der Waals surface area contributed by atoms with Crippen LogP contribution in [0.25, 0.3) is 0 Å². The summed E-state index contributed by atoms with van der Waals surface area (Å²) >= 11 is 0. The molecule has 2 aliphatic rings. The van der Waals surface area contributed by atoms with Gasteiger partial charge in [-0.2, -0.15) is 13.2 Å². The predicted octanol–water partition coefficient (Wildman–Crippen LogP) is 1.57. The van der Waals surface area contributed by atoms with Crippen LogP contribution >= 0.6 is 0 Å². The fourth-order valence-corrected chi connectivity index (χ4v) is 2.78. The first-order valence-electron chi connectivity index (χ1n) is 6.39. The van der Waals surface area contributed by atoms with Crippen LogP contribution in [0.3, 0.4) is 0 Å². The zero-order valence-electron chi connectivity index (χ0n) is 10.8. The fraction of sp³-hybridized carbons (Fsp3) is 0.462. The van der Waals surface area contributed by atoms with Gasteiger partial charge < -0.3 is 15.5 Å². The van der Waals surface area contributed by atoms with E-state index >= 15 is 0 Å². The van der Waals surface area contributed by atoms with Crippen LogP contribution in [0.1, 0.15) is 22.8 Å². The van der Waals surface area contributed by atoms with Gasteiger partial charge in [-0.05, 0) is 19.1 Å². The number of carbonyl (C=O) groups is 1. The second kappa shape index (κ2) is 4.37. The molecule has 3 rings (SSSR count). The first-order valence-corrected chi connectivity index (χ1v) is 6.39. The van der Waals surface area contributed by atoms with E-state index in [0.29, 0.717) is 18.8 Å². The highest BCUT2D eigenvalue weighted by Gasteiger charge is 2.41. The molecule has 0 aliphatic carbocycles. The smallest absolute Gasteiger partial charge is 0.348 e. The van der Waals surface area contributed by atoms with Crippen molar-refractivity contribution in [2.45, 2.75) is 25.3 Å². The molecule has 0 bridgehead atoms. The third-order valence-electron chi connectivity index (χ3n) is 3.69. The van der Waals surface area contributed by atoms with Crippen molar-refractivity contribution in [2.75, 3.05) is 18.0 Å². The van der Waals surface area contributed by atoms with Crippen molar-refractivity contribution >= 4 is 11.6 Å². The number of hydrogen-bond donors (Lipinski definition) is 2. The molecule has 108 valence electrons. The normalized spacial score (nSPS) is 25.8. The van der Waals surface area contributed by atoms with Crippen LogP contribution in [0.5, 0.6) is 0 Å². The largest absolute Gasteiger partial charge is 0.417 e. The number of anilines is 1. The Bertz CT molecular complexity index is 558. The number of amides is 1. The summed E-state index contributed by atoms with van der Waals surface area (Å²) in [5.41, 5.74) is -0.788. The molecular formula is C13H14F3N3O. The average Bonchev–Trinajstić information content (AvgIpc) is 2.38. The second-order valence-electron chi connectivity index (χ2n) is 5.15. The van der Waals surface area contributed by atoms with Gasteiger partial charge in [0, 0.05) is 19.1 Å². The number of nitrogens with one attached hydrogen (secondary N) is 2. The Morgan fingerprint density at radius 3 is 2.80 bits per heavy atom. The van der Waals surface area contributed by atoms with E-state index in [1.54, 1.807) is 6.07 Å². The van der Waals surface area contributed by atoms with Gasteiger partial charge in [0.1, 0.15) is 6.17 Å². The molecule has 2 aliphatic heterocycles. The quantitative estimate of drug-likeness (QED) is 0.760. The van der Waals surface area contributed by atoms with Gasteiger partial charge in [0.15, 0.2) is 0 Å². The zero-order valence-corrected chi connectivity index (χ0v) is 10.8. The molecule has 0 radical (unpaired) electrons. The first-order chi connectivity index (χ1) is 9.38. The van der Waals surface area contributed by atoms with E-state index in [2.05, 4.69) is 10.6 Å². The van der Waals surface area contributed by atoms with Crippen LogP contribution in [-0.2, 0) is 6.18 Å². The standard InChI is InChI=1S/C13H14F3N3O/c1-7-6-19-9-4-2-3-8(13(14,15)16)11(9)12(20)18-10(19)5-17-7/h2-4,7,10,17H,5-6H2,1H3,(H,18,20)/t7-,10?/m0/s1. The van der Waals surface area contributed by atoms with Crippen molar-refractivity contribution in [3.05, 3.63) is 29.3 Å². The van der Waals surface area contributed by atoms with E-state index in [1.807, 2.05) is 11.8 Å². The number of benzene rings is 1. The molecule has 1 fully saturated rings. The van der Waals surface area contributed by atoms with Crippen molar-refractivity contribution in [3.8, 4) is 0 Å². The van der Waals surface area contributed by atoms with Gasteiger partial charge in [-0.3, -0.25) is 4.79 Å². The van der Waals surface area contributed by atoms with E-state index < -0.39 is 17.6 Å². The lowest BCUT2D eigenvalue weighted by Crippen LogP contribution is -2.64. The summed E-state index contributed by atoms with van der Waals surface area (Å²) in [6.45, 7) is 3.03. The summed E-state index contributed by atoms with van der Waals surface area (Å²) in [4.78, 5) is 13.9. The Hall–Kier alpha value is -1.76. The number of rotatable bonds is 0. The number of carbonyl (C=O) groups excluding carboxylic acids is 1. The van der Waals surface area contributed by atoms with E-state index in [9.17, 15) is 18.0 Å². The molecule has 1 aromatic rings. The molecule has 4 nitrogen and oxygen atoms in total. The lowest BCUT2D eigenvalue weighted by Gasteiger charge is -2.45. The number of nitrogens with zero attached hydrogens (tertiary/aromatic N) is 1. The number of alkyl halides is 3. The van der Waals surface area contributed by atoms with Crippen molar-refractivity contribution in [1.82, 2.24) is 10.6 Å². The van der Waals surface area contributed by atoms with Gasteiger partial charge in [-0.1, -0.05) is 6.07 Å². The minimum atomic E-state index is -4.53. The van der Waals surface area contributed by atoms with Gasteiger partial charge in [0.2, 0.25) is 0 Å². The topological polar surface area (TPSA) is 44.4 Å². The van der Waals surface area contributed by atoms with Gasteiger partial charge in [0.25, 0.3) is 5.91 Å². The number of piperazine rings is 1. The number of hydrogen-bond acceptors (Lipinski definition) is 3. The molecule has 7 heteroatoms. The summed E-state index contributed by atoms with van der Waals surface area (Å²) in [5.74, 6) is -0.662. The summed E-state index contributed by atoms with van der Waals surface area (Å²) in [5, 5.41) is 5.83. The summed E-state index contributed by atoms with van der Waals surface area (Å²) in [6, 6.07) is 4.03. The predicted molar refractivity (Wildman–Crippen MR) is 67.5 cm³/mol. The van der Waals surface area contributed by atoms with E-state index in [-0.39, 0.29) is 17.8 Å². The molecule has 1 amide bonds. The molecule has 1 saturated heterocycles. The zero-order chi connectivity index (χ0) is 14.5. The molecule has 20 heavy (non-hydrogen) atoms. The maximum Gasteiger partial charge on any atom is 0.417 e. The molecule has 1 aromatic carbocycles. The van der Waals surface area contributed by atoms with Crippen LogP contribution < -0.4 is 15.5 Å². The Balaban J connectivity index is 2.12. The molecule has 2 atom stereocenters. The molecule has 1 unspecified atom stereocenters. The van der Waals surface area contributed by atoms with E-state index in [1.165, 1.54) is 6.07 Å². The first kappa shape index (κ1) is 13.2. The van der Waals surface area contributed by atoms with Gasteiger partial charge in [-0.25, -0.2) is 0 Å². The Kier molecular flexibility index (Phi) is 2.89. The molecule has 0 spiro atoms. The van der Waals surface area contributed by atoms with Crippen molar-refractivity contribution in [2.24, 2.45) is 0 Å². The monoisotopic (exact) mass is 285 g/mol. The summed E-state index contributed by atoms with van der Waals surface area (Å²) < 4.78 is 39.1. The van der Waals surface area contributed by atoms with Crippen LogP contribution in [-0.4, -0.2) is 31.2 Å². The molecule has 2 N–H and O–H groups in total. The SMILES string of the molecule is C[C@H]1CN2c3cccc(C(F)(F)F)c3C(=O)NC2CN1. The maximum atomic E-state index is 13.0. The Morgan fingerprint density at radius 2 is 2.10 bits per heavy atom. The number of fused-ring (bicyclic) bond motifs is 3. The van der Waals surface area contributed by atoms with Crippen LogP contribution in [0.4, 0.5) is 18.9 Å². The molecule has 2 heterocycles. The Labute approximate surface area is 113 Å². The lowest BCUT2D eigenvalue weighted by atomic mass is 9.98. The van der Waals surface area contributed by atoms with Gasteiger partial charge >= 0.3 is 6.18 Å². The highest BCUT2D eigenvalue weighted by molar-refractivity contribution is 6.03. The minimum absolute atomic E-state index is 0.156. The van der Waals surface area contributed by atoms with Crippen molar-refractivity contribution in [3.63, 3.8) is 0 Å². The van der Waals surface area contributed by atoms with E-state index in [4.69, 9.17) is 0 Å². The van der Waals surface area contributed by atoms with Crippen LogP contribution in [0.2, 0.25) is 0 Å². The molecule has 0 aromatic heterocycles. The highest BCUT2D eigenvalue weighted by atomic mass is 19.4. The lowest BCUT2D eigenvalue weighted by molar-refractivity contribution is -0.137. The van der Waals surface area contributed by atoms with Gasteiger partial charge in [-0.15, -0.1) is 0 Å². The highest BCUT2D eigenvalue weighted by Crippen LogP contribution is 2.38. The van der Waals surface area contributed by atoms with Gasteiger partial charge in [0.05, 0.1) is 16.8 Å². The van der Waals surface area contributed by atoms with Crippen molar-refractivity contribution < 1.29 is 18.0 Å². The third-order valence-corrected chi connectivity index (χ3v) is 3.69. The average molecular weight is 285 g/mol. The second-order valence-corrected chi connectivity index (χ2v) is 5.15. The molecular weight excluding hydrogens is 271 g/mol. The van der Waals surface area contributed by atoms with E-state index in [0.717, 1.165) is 6.07 Å². The minimum Gasteiger partial charge on any atom is -0.348 e. The molecule has 0 saturated carbocycles. The summed E-state index contributed by atoms with van der Waals surface area (Å²) in [7, 11) is 0. The van der Waals surface area contributed by atoms with Crippen LogP contribution in [0, 0.1) is 0 Å². The summed E-state index contributed by atoms with van der Waals surface area (Å²) in [6.07, 6.45) is -4.83. The third kappa shape index (κ3) is 2.02. The maximum absolute atomic E-state index is 13.0.